The van der Waals surface area contributed by atoms with Crippen LogP contribution in [0.1, 0.15) is 0 Å². The molecular formula is C20H22N3O2S+. The van der Waals surface area contributed by atoms with Gasteiger partial charge in [-0.1, -0.05) is 12.1 Å². The van der Waals surface area contributed by atoms with Crippen molar-refractivity contribution in [2.75, 3.05) is 39.8 Å². The monoisotopic (exact) mass is 368 g/mol. The Morgan fingerprint density at radius 1 is 1.15 bits per heavy atom. The lowest BCUT2D eigenvalue weighted by Gasteiger charge is -2.29. The fourth-order valence-electron chi connectivity index (χ4n) is 3.06. The van der Waals surface area contributed by atoms with Crippen molar-refractivity contribution in [3.63, 3.8) is 0 Å². The molecule has 1 N–H and O–H groups in total. The molecule has 0 atom stereocenters. The van der Waals surface area contributed by atoms with E-state index >= 15 is 0 Å². The zero-order valence-electron chi connectivity index (χ0n) is 14.8. The number of aromatic nitrogens is 1. The van der Waals surface area contributed by atoms with Gasteiger partial charge in [0.25, 0.3) is 5.91 Å². The van der Waals surface area contributed by atoms with Gasteiger partial charge in [0.1, 0.15) is 10.8 Å². The van der Waals surface area contributed by atoms with Crippen molar-refractivity contribution >= 4 is 27.5 Å². The minimum atomic E-state index is 0.0627. The van der Waals surface area contributed by atoms with E-state index in [1.165, 1.54) is 9.60 Å². The summed E-state index contributed by atoms with van der Waals surface area (Å²) >= 11 is 1.68. The van der Waals surface area contributed by atoms with E-state index < -0.39 is 0 Å². The summed E-state index contributed by atoms with van der Waals surface area (Å²) in [7, 11) is 2.16. The van der Waals surface area contributed by atoms with E-state index in [9.17, 15) is 4.79 Å². The first-order valence-corrected chi connectivity index (χ1v) is 9.68. The Balaban J connectivity index is 1.37. The molecule has 26 heavy (non-hydrogen) atoms. The standard InChI is InChI=1S/C20H21N3O2S/c1-22-10-12-23(13-11-22)19(24)14-25-16-8-6-15(7-9-16)20-21-17-4-2-3-5-18(17)26-20/h2-9H,10-14H2,1H3/p+1. The Morgan fingerprint density at radius 3 is 2.62 bits per heavy atom. The van der Waals surface area contributed by atoms with Crippen LogP contribution in [0, 0.1) is 0 Å². The maximum Gasteiger partial charge on any atom is 0.260 e. The molecule has 0 saturated carbocycles. The van der Waals surface area contributed by atoms with E-state index in [1.807, 2.05) is 47.4 Å². The minimum absolute atomic E-state index is 0.0627. The first-order chi connectivity index (χ1) is 12.7. The number of carbonyl (C=O) groups is 1. The smallest absolute Gasteiger partial charge is 0.260 e. The lowest BCUT2D eigenvalue weighted by molar-refractivity contribution is -0.883. The summed E-state index contributed by atoms with van der Waals surface area (Å²) in [4.78, 5) is 20.3. The molecule has 0 unspecified atom stereocenters. The number of carbonyl (C=O) groups excluding carboxylic acids is 1. The number of thiazole rings is 1. The summed E-state index contributed by atoms with van der Waals surface area (Å²) in [6.45, 7) is 3.72. The van der Waals surface area contributed by atoms with E-state index in [2.05, 4.69) is 18.1 Å². The van der Waals surface area contributed by atoms with E-state index in [0.717, 1.165) is 42.3 Å². The van der Waals surface area contributed by atoms with Crippen LogP contribution in [0.3, 0.4) is 0 Å². The third-order valence-corrected chi connectivity index (χ3v) is 5.81. The molecule has 3 aromatic rings. The SMILES string of the molecule is C[NH+]1CCN(C(=O)COc2ccc(-c3nc4ccccc4s3)cc2)CC1. The molecular weight excluding hydrogens is 346 g/mol. The number of para-hydroxylation sites is 1. The summed E-state index contributed by atoms with van der Waals surface area (Å²) in [5, 5.41) is 0.994. The lowest BCUT2D eigenvalue weighted by atomic mass is 10.2. The number of benzene rings is 2. The van der Waals surface area contributed by atoms with Crippen LogP contribution in [0.2, 0.25) is 0 Å². The predicted molar refractivity (Wildman–Crippen MR) is 104 cm³/mol. The Morgan fingerprint density at radius 2 is 1.88 bits per heavy atom. The maximum absolute atomic E-state index is 12.2. The van der Waals surface area contributed by atoms with Crippen LogP contribution in [-0.4, -0.2) is 55.6 Å². The van der Waals surface area contributed by atoms with Gasteiger partial charge in [-0.3, -0.25) is 4.79 Å². The van der Waals surface area contributed by atoms with E-state index in [-0.39, 0.29) is 12.5 Å². The van der Waals surface area contributed by atoms with Crippen molar-refractivity contribution in [3.05, 3.63) is 48.5 Å². The highest BCUT2D eigenvalue weighted by atomic mass is 32.1. The van der Waals surface area contributed by atoms with Gasteiger partial charge in [0.05, 0.1) is 43.4 Å². The van der Waals surface area contributed by atoms with Crippen molar-refractivity contribution in [2.45, 2.75) is 0 Å². The number of ether oxygens (including phenoxy) is 1. The van der Waals surface area contributed by atoms with Crippen molar-refractivity contribution < 1.29 is 14.4 Å². The number of nitrogens with one attached hydrogen (secondary N) is 1. The van der Waals surface area contributed by atoms with E-state index in [0.29, 0.717) is 5.75 Å². The third kappa shape index (κ3) is 3.71. The summed E-state index contributed by atoms with van der Waals surface area (Å²) in [5.74, 6) is 0.774. The molecule has 2 aromatic carbocycles. The van der Waals surface area contributed by atoms with Gasteiger partial charge in [-0.25, -0.2) is 4.98 Å². The predicted octanol–water partition coefficient (Wildman–Crippen LogP) is 1.70. The third-order valence-electron chi connectivity index (χ3n) is 4.73. The van der Waals surface area contributed by atoms with Crippen LogP contribution in [0.15, 0.2) is 48.5 Å². The van der Waals surface area contributed by atoms with Crippen molar-refractivity contribution in [1.82, 2.24) is 9.88 Å². The largest absolute Gasteiger partial charge is 0.484 e. The highest BCUT2D eigenvalue weighted by Crippen LogP contribution is 2.30. The summed E-state index contributed by atoms with van der Waals surface area (Å²) in [6, 6.07) is 15.9. The molecule has 4 rings (SSSR count). The van der Waals surface area contributed by atoms with Gasteiger partial charge in [-0.05, 0) is 36.4 Å². The normalized spacial score (nSPS) is 15.3. The van der Waals surface area contributed by atoms with E-state index in [1.54, 1.807) is 11.3 Å². The van der Waals surface area contributed by atoms with Crippen molar-refractivity contribution in [3.8, 4) is 16.3 Å². The minimum Gasteiger partial charge on any atom is -0.484 e. The van der Waals surface area contributed by atoms with Gasteiger partial charge in [-0.15, -0.1) is 11.3 Å². The Hall–Kier alpha value is -2.44. The Labute approximate surface area is 156 Å². The van der Waals surface area contributed by atoms with Crippen LogP contribution in [0.25, 0.3) is 20.8 Å². The zero-order valence-corrected chi connectivity index (χ0v) is 15.6. The van der Waals surface area contributed by atoms with Crippen molar-refractivity contribution in [2.24, 2.45) is 0 Å². The fraction of sp³-hybridized carbons (Fsp3) is 0.300. The van der Waals surface area contributed by atoms with Crippen molar-refractivity contribution in [1.29, 1.82) is 0 Å². The number of fused-ring (bicyclic) bond motifs is 1. The molecule has 1 saturated heterocycles. The molecule has 0 radical (unpaired) electrons. The molecule has 1 fully saturated rings. The molecule has 0 aliphatic carbocycles. The second-order valence-electron chi connectivity index (χ2n) is 6.64. The first-order valence-electron chi connectivity index (χ1n) is 8.87. The number of rotatable bonds is 4. The van der Waals surface area contributed by atoms with Gasteiger partial charge < -0.3 is 14.5 Å². The molecule has 2 heterocycles. The Bertz CT molecular complexity index is 866. The number of nitrogens with zero attached hydrogens (tertiary/aromatic N) is 2. The number of hydrogen-bond donors (Lipinski definition) is 1. The van der Waals surface area contributed by atoms with Gasteiger partial charge in [0.2, 0.25) is 0 Å². The molecule has 1 aliphatic heterocycles. The fourth-order valence-corrected chi connectivity index (χ4v) is 4.03. The average molecular weight is 368 g/mol. The second-order valence-corrected chi connectivity index (χ2v) is 7.67. The molecule has 6 heteroatoms. The summed E-state index contributed by atoms with van der Waals surface area (Å²) < 4.78 is 6.87. The van der Waals surface area contributed by atoms with Crippen LogP contribution in [0.4, 0.5) is 0 Å². The average Bonchev–Trinajstić information content (AvgIpc) is 3.11. The summed E-state index contributed by atoms with van der Waals surface area (Å²) in [5.41, 5.74) is 2.08. The van der Waals surface area contributed by atoms with Gasteiger partial charge in [0.15, 0.2) is 6.61 Å². The molecule has 5 nitrogen and oxygen atoms in total. The number of likely N-dealkylation sites (N-methyl/N-ethyl adjacent to an activating group) is 1. The molecule has 1 aromatic heterocycles. The number of quaternary nitrogens is 1. The number of piperazine rings is 1. The van der Waals surface area contributed by atoms with Crippen LogP contribution < -0.4 is 9.64 Å². The topological polar surface area (TPSA) is 46.9 Å². The second kappa shape index (κ2) is 7.43. The molecule has 0 spiro atoms. The zero-order chi connectivity index (χ0) is 17.9. The van der Waals surface area contributed by atoms with Gasteiger partial charge in [-0.2, -0.15) is 0 Å². The first kappa shape index (κ1) is 17.0. The summed E-state index contributed by atoms with van der Waals surface area (Å²) in [6.07, 6.45) is 0. The highest BCUT2D eigenvalue weighted by Gasteiger charge is 2.21. The molecule has 134 valence electrons. The number of amides is 1. The van der Waals surface area contributed by atoms with Crippen LogP contribution >= 0.6 is 11.3 Å². The quantitative estimate of drug-likeness (QED) is 0.763. The van der Waals surface area contributed by atoms with E-state index in [4.69, 9.17) is 4.74 Å². The lowest BCUT2D eigenvalue weighted by Crippen LogP contribution is -3.12. The van der Waals surface area contributed by atoms with Crippen LogP contribution in [-0.2, 0) is 4.79 Å². The maximum atomic E-state index is 12.2. The molecule has 1 amide bonds. The number of hydrogen-bond acceptors (Lipinski definition) is 4. The highest BCUT2D eigenvalue weighted by molar-refractivity contribution is 7.21. The Kier molecular flexibility index (Phi) is 4.86. The van der Waals surface area contributed by atoms with Crippen LogP contribution in [0.5, 0.6) is 5.75 Å². The van der Waals surface area contributed by atoms with Gasteiger partial charge >= 0.3 is 0 Å². The van der Waals surface area contributed by atoms with Gasteiger partial charge in [0, 0.05) is 5.56 Å². The molecule has 1 aliphatic rings. The molecule has 0 bridgehead atoms.